The molecular weight excluding hydrogens is 236 g/mol. The summed E-state index contributed by atoms with van der Waals surface area (Å²) in [7, 11) is 1.91. The largest absolute Gasteiger partial charge is 0.308 e. The van der Waals surface area contributed by atoms with Crippen LogP contribution in [0.4, 0.5) is 0 Å². The fraction of sp³-hybridized carbons (Fsp3) is 0.133. The number of benzene rings is 1. The standard InChI is InChI=1S/C15H14N4/c1-16-15(11-5-4-8-17-9-11)14-10-18-12-6-2-3-7-13(12)19-14/h2-10,15-16H,1H3. The van der Waals surface area contributed by atoms with Crippen LogP contribution >= 0.6 is 0 Å². The van der Waals surface area contributed by atoms with Crippen LogP contribution in [0.15, 0.2) is 55.0 Å². The highest BCUT2D eigenvalue weighted by Crippen LogP contribution is 2.20. The van der Waals surface area contributed by atoms with Gasteiger partial charge in [-0.15, -0.1) is 0 Å². The molecule has 3 aromatic rings. The molecule has 94 valence electrons. The molecule has 1 unspecified atom stereocenters. The van der Waals surface area contributed by atoms with E-state index in [4.69, 9.17) is 0 Å². The van der Waals surface area contributed by atoms with Gasteiger partial charge in [0.25, 0.3) is 0 Å². The SMILES string of the molecule is CNC(c1cccnc1)c1cnc2ccccc2n1. The number of para-hydroxylation sites is 2. The van der Waals surface area contributed by atoms with Crippen LogP contribution < -0.4 is 5.32 Å². The molecule has 3 rings (SSSR count). The molecule has 2 aromatic heterocycles. The number of hydrogen-bond acceptors (Lipinski definition) is 4. The number of nitrogens with one attached hydrogen (secondary N) is 1. The van der Waals surface area contributed by atoms with E-state index in [0.29, 0.717) is 0 Å². The van der Waals surface area contributed by atoms with Gasteiger partial charge >= 0.3 is 0 Å². The third-order valence-electron chi connectivity index (χ3n) is 3.07. The van der Waals surface area contributed by atoms with Gasteiger partial charge in [-0.25, -0.2) is 4.98 Å². The van der Waals surface area contributed by atoms with Crippen LogP contribution in [0.1, 0.15) is 17.3 Å². The maximum Gasteiger partial charge on any atom is 0.0890 e. The van der Waals surface area contributed by atoms with Crippen LogP contribution in [0.2, 0.25) is 0 Å². The van der Waals surface area contributed by atoms with E-state index in [0.717, 1.165) is 22.3 Å². The summed E-state index contributed by atoms with van der Waals surface area (Å²) in [5, 5.41) is 3.26. The molecule has 0 bridgehead atoms. The second-order valence-corrected chi connectivity index (χ2v) is 4.29. The van der Waals surface area contributed by atoms with Crippen molar-refractivity contribution in [1.82, 2.24) is 20.3 Å². The number of pyridine rings is 1. The second kappa shape index (κ2) is 5.12. The van der Waals surface area contributed by atoms with Crippen molar-refractivity contribution in [2.75, 3.05) is 7.05 Å². The predicted molar refractivity (Wildman–Crippen MR) is 74.7 cm³/mol. The lowest BCUT2D eigenvalue weighted by atomic mass is 10.1. The first-order valence-electron chi connectivity index (χ1n) is 6.17. The second-order valence-electron chi connectivity index (χ2n) is 4.29. The zero-order chi connectivity index (χ0) is 13.1. The van der Waals surface area contributed by atoms with Crippen molar-refractivity contribution in [3.63, 3.8) is 0 Å². The van der Waals surface area contributed by atoms with Crippen molar-refractivity contribution in [2.24, 2.45) is 0 Å². The molecule has 0 aliphatic rings. The van der Waals surface area contributed by atoms with Crippen molar-refractivity contribution < 1.29 is 0 Å². The van der Waals surface area contributed by atoms with Crippen LogP contribution in [0.3, 0.4) is 0 Å². The maximum atomic E-state index is 4.67. The lowest BCUT2D eigenvalue weighted by Crippen LogP contribution is -2.19. The fourth-order valence-corrected chi connectivity index (χ4v) is 2.14. The van der Waals surface area contributed by atoms with Crippen LogP contribution in [0.5, 0.6) is 0 Å². The van der Waals surface area contributed by atoms with Gasteiger partial charge in [0.1, 0.15) is 0 Å². The highest BCUT2D eigenvalue weighted by atomic mass is 14.9. The summed E-state index contributed by atoms with van der Waals surface area (Å²) in [5.74, 6) is 0. The Morgan fingerprint density at radius 3 is 2.58 bits per heavy atom. The van der Waals surface area contributed by atoms with Crippen LogP contribution in [-0.4, -0.2) is 22.0 Å². The molecule has 1 N–H and O–H groups in total. The molecule has 0 fully saturated rings. The molecule has 0 amide bonds. The minimum Gasteiger partial charge on any atom is -0.308 e. The molecule has 2 heterocycles. The number of hydrogen-bond donors (Lipinski definition) is 1. The van der Waals surface area contributed by atoms with E-state index >= 15 is 0 Å². The van der Waals surface area contributed by atoms with Gasteiger partial charge in [-0.3, -0.25) is 9.97 Å². The summed E-state index contributed by atoms with van der Waals surface area (Å²) in [6, 6.07) is 11.8. The molecule has 0 radical (unpaired) electrons. The van der Waals surface area contributed by atoms with Gasteiger partial charge in [-0.1, -0.05) is 18.2 Å². The van der Waals surface area contributed by atoms with Crippen molar-refractivity contribution in [3.8, 4) is 0 Å². The topological polar surface area (TPSA) is 50.7 Å². The maximum absolute atomic E-state index is 4.67. The third kappa shape index (κ3) is 2.30. The summed E-state index contributed by atoms with van der Waals surface area (Å²) < 4.78 is 0. The highest BCUT2D eigenvalue weighted by molar-refractivity contribution is 5.73. The summed E-state index contributed by atoms with van der Waals surface area (Å²) in [5.41, 5.74) is 3.79. The summed E-state index contributed by atoms with van der Waals surface area (Å²) in [6.45, 7) is 0. The van der Waals surface area contributed by atoms with E-state index in [-0.39, 0.29) is 6.04 Å². The van der Waals surface area contributed by atoms with Crippen molar-refractivity contribution in [3.05, 3.63) is 66.2 Å². The van der Waals surface area contributed by atoms with Gasteiger partial charge in [0.05, 0.1) is 29.0 Å². The number of rotatable bonds is 3. The predicted octanol–water partition coefficient (Wildman–Crippen LogP) is 2.33. The van der Waals surface area contributed by atoms with E-state index in [1.807, 2.05) is 55.8 Å². The van der Waals surface area contributed by atoms with Crippen molar-refractivity contribution in [1.29, 1.82) is 0 Å². The van der Waals surface area contributed by atoms with Crippen molar-refractivity contribution in [2.45, 2.75) is 6.04 Å². The Kier molecular flexibility index (Phi) is 3.16. The average molecular weight is 250 g/mol. The zero-order valence-electron chi connectivity index (χ0n) is 10.6. The first-order chi connectivity index (χ1) is 9.38. The summed E-state index contributed by atoms with van der Waals surface area (Å²) in [4.78, 5) is 13.3. The Morgan fingerprint density at radius 2 is 1.84 bits per heavy atom. The van der Waals surface area contributed by atoms with Crippen LogP contribution in [-0.2, 0) is 0 Å². The first kappa shape index (κ1) is 11.7. The molecule has 1 atom stereocenters. The number of nitrogens with zero attached hydrogens (tertiary/aromatic N) is 3. The van der Waals surface area contributed by atoms with Gasteiger partial charge in [-0.2, -0.15) is 0 Å². The van der Waals surface area contributed by atoms with Gasteiger partial charge in [0.15, 0.2) is 0 Å². The smallest absolute Gasteiger partial charge is 0.0890 e. The zero-order valence-corrected chi connectivity index (χ0v) is 10.6. The van der Waals surface area contributed by atoms with E-state index in [9.17, 15) is 0 Å². The number of fused-ring (bicyclic) bond motifs is 1. The lowest BCUT2D eigenvalue weighted by Gasteiger charge is -2.15. The number of aromatic nitrogens is 3. The van der Waals surface area contributed by atoms with E-state index in [2.05, 4.69) is 20.3 Å². The average Bonchev–Trinajstić information content (AvgIpc) is 2.49. The molecule has 0 saturated carbocycles. The van der Waals surface area contributed by atoms with Crippen molar-refractivity contribution >= 4 is 11.0 Å². The minimum absolute atomic E-state index is 0.00538. The van der Waals surface area contributed by atoms with Crippen LogP contribution in [0, 0.1) is 0 Å². The minimum atomic E-state index is 0.00538. The van der Waals surface area contributed by atoms with E-state index in [1.54, 1.807) is 6.20 Å². The Morgan fingerprint density at radius 1 is 1.00 bits per heavy atom. The Labute approximate surface area is 111 Å². The molecule has 0 aliphatic heterocycles. The quantitative estimate of drug-likeness (QED) is 0.775. The Hall–Kier alpha value is -2.33. The molecule has 0 spiro atoms. The molecular formula is C15H14N4. The summed E-state index contributed by atoms with van der Waals surface area (Å²) >= 11 is 0. The van der Waals surface area contributed by atoms with E-state index in [1.165, 1.54) is 0 Å². The molecule has 0 saturated heterocycles. The van der Waals surface area contributed by atoms with Crippen LogP contribution in [0.25, 0.3) is 11.0 Å². The Bertz CT molecular complexity index is 682. The molecule has 4 nitrogen and oxygen atoms in total. The summed E-state index contributed by atoms with van der Waals surface area (Å²) in [6.07, 6.45) is 5.43. The molecule has 4 heteroatoms. The molecule has 0 aliphatic carbocycles. The normalized spacial score (nSPS) is 12.5. The fourth-order valence-electron chi connectivity index (χ4n) is 2.14. The highest BCUT2D eigenvalue weighted by Gasteiger charge is 2.14. The monoisotopic (exact) mass is 250 g/mol. The lowest BCUT2D eigenvalue weighted by molar-refractivity contribution is 0.668. The molecule has 19 heavy (non-hydrogen) atoms. The first-order valence-corrected chi connectivity index (χ1v) is 6.17. The third-order valence-corrected chi connectivity index (χ3v) is 3.07. The Balaban J connectivity index is 2.06. The van der Waals surface area contributed by atoms with Gasteiger partial charge in [-0.05, 0) is 30.8 Å². The molecule has 1 aromatic carbocycles. The van der Waals surface area contributed by atoms with Gasteiger partial charge in [0, 0.05) is 12.4 Å². The van der Waals surface area contributed by atoms with Gasteiger partial charge < -0.3 is 5.32 Å². The van der Waals surface area contributed by atoms with Gasteiger partial charge in [0.2, 0.25) is 0 Å². The van der Waals surface area contributed by atoms with E-state index < -0.39 is 0 Å².